The second-order valence-corrected chi connectivity index (χ2v) is 5.40. The summed E-state index contributed by atoms with van der Waals surface area (Å²) in [6.45, 7) is 0.278. The fraction of sp³-hybridized carbons (Fsp3) is 0.111. The Labute approximate surface area is 143 Å². The molecule has 0 saturated carbocycles. The summed E-state index contributed by atoms with van der Waals surface area (Å²) in [6, 6.07) is 14.2. The predicted molar refractivity (Wildman–Crippen MR) is 91.9 cm³/mol. The van der Waals surface area contributed by atoms with Crippen LogP contribution in [-0.2, 0) is 6.61 Å². The highest BCUT2D eigenvalue weighted by atomic mass is 16.5. The van der Waals surface area contributed by atoms with E-state index in [-0.39, 0.29) is 6.61 Å². The van der Waals surface area contributed by atoms with Gasteiger partial charge in [0, 0.05) is 0 Å². The van der Waals surface area contributed by atoms with Crippen molar-refractivity contribution in [3.05, 3.63) is 54.1 Å². The lowest BCUT2D eigenvalue weighted by atomic mass is 10.1. The monoisotopic (exact) mass is 337 g/mol. The zero-order chi connectivity index (χ0) is 17.2. The van der Waals surface area contributed by atoms with Gasteiger partial charge in [0.25, 0.3) is 0 Å². The van der Waals surface area contributed by atoms with Crippen molar-refractivity contribution in [2.45, 2.75) is 6.61 Å². The second kappa shape index (κ2) is 6.20. The number of para-hydroxylation sites is 3. The third-order valence-electron chi connectivity index (χ3n) is 3.88. The number of anilines is 2. The summed E-state index contributed by atoms with van der Waals surface area (Å²) < 4.78 is 16.3. The van der Waals surface area contributed by atoms with Crippen LogP contribution in [0.2, 0.25) is 0 Å². The first-order valence-electron chi connectivity index (χ1n) is 7.68. The van der Waals surface area contributed by atoms with E-state index in [0.717, 1.165) is 11.3 Å². The van der Waals surface area contributed by atoms with E-state index in [0.29, 0.717) is 28.6 Å². The maximum atomic E-state index is 12.3. The molecule has 0 unspecified atom stereocenters. The molecule has 126 valence electrons. The Morgan fingerprint density at radius 2 is 1.92 bits per heavy atom. The summed E-state index contributed by atoms with van der Waals surface area (Å²) >= 11 is 0. The number of nitrogens with zero attached hydrogens (tertiary/aromatic N) is 1. The number of urea groups is 1. The lowest BCUT2D eigenvalue weighted by Crippen LogP contribution is -2.21. The van der Waals surface area contributed by atoms with Gasteiger partial charge in [-0.25, -0.2) is 4.79 Å². The molecule has 0 aliphatic carbocycles. The molecule has 7 nitrogen and oxygen atoms in total. The van der Waals surface area contributed by atoms with Gasteiger partial charge in [-0.05, 0) is 24.3 Å². The third kappa shape index (κ3) is 2.76. The minimum atomic E-state index is -0.445. The largest absolute Gasteiger partial charge is 0.495 e. The van der Waals surface area contributed by atoms with Crippen LogP contribution in [0.5, 0.6) is 11.5 Å². The van der Waals surface area contributed by atoms with E-state index in [9.17, 15) is 4.79 Å². The van der Waals surface area contributed by atoms with Crippen molar-refractivity contribution in [3.8, 4) is 22.8 Å². The number of amides is 2. The van der Waals surface area contributed by atoms with E-state index in [1.165, 1.54) is 0 Å². The molecule has 0 radical (unpaired) electrons. The van der Waals surface area contributed by atoms with Crippen molar-refractivity contribution in [2.24, 2.45) is 0 Å². The van der Waals surface area contributed by atoms with Gasteiger partial charge in [-0.1, -0.05) is 29.4 Å². The van der Waals surface area contributed by atoms with E-state index in [4.69, 9.17) is 14.0 Å². The first-order valence-corrected chi connectivity index (χ1v) is 7.68. The molecule has 3 aromatic rings. The SMILES string of the molecule is COc1ccccc1NC(=O)Nc1noc2c1COc1ccccc1-2. The van der Waals surface area contributed by atoms with E-state index >= 15 is 0 Å². The maximum absolute atomic E-state index is 12.3. The van der Waals surface area contributed by atoms with Crippen LogP contribution in [0.1, 0.15) is 5.56 Å². The quantitative estimate of drug-likeness (QED) is 0.757. The predicted octanol–water partition coefficient (Wildman–Crippen LogP) is 3.89. The van der Waals surface area contributed by atoms with Crippen molar-refractivity contribution in [1.82, 2.24) is 5.16 Å². The van der Waals surface area contributed by atoms with Crippen LogP contribution in [0.25, 0.3) is 11.3 Å². The summed E-state index contributed by atoms with van der Waals surface area (Å²) in [4.78, 5) is 12.3. The highest BCUT2D eigenvalue weighted by molar-refractivity contribution is 6.01. The van der Waals surface area contributed by atoms with E-state index in [2.05, 4.69) is 15.8 Å². The number of rotatable bonds is 3. The molecule has 0 bridgehead atoms. The molecule has 0 spiro atoms. The van der Waals surface area contributed by atoms with Crippen molar-refractivity contribution in [1.29, 1.82) is 0 Å². The summed E-state index contributed by atoms with van der Waals surface area (Å²) in [6.07, 6.45) is 0. The molecule has 0 saturated heterocycles. The summed E-state index contributed by atoms with van der Waals surface area (Å²) in [5.41, 5.74) is 2.07. The van der Waals surface area contributed by atoms with Gasteiger partial charge in [-0.3, -0.25) is 5.32 Å². The molecule has 4 rings (SSSR count). The van der Waals surface area contributed by atoms with Crippen LogP contribution >= 0.6 is 0 Å². The van der Waals surface area contributed by atoms with Gasteiger partial charge in [-0.2, -0.15) is 0 Å². The van der Waals surface area contributed by atoms with Crippen LogP contribution in [0, 0.1) is 0 Å². The lowest BCUT2D eigenvalue weighted by Gasteiger charge is -2.16. The molecular formula is C18H15N3O4. The van der Waals surface area contributed by atoms with Gasteiger partial charge in [-0.15, -0.1) is 0 Å². The van der Waals surface area contributed by atoms with E-state index in [1.54, 1.807) is 25.3 Å². The smallest absolute Gasteiger partial charge is 0.325 e. The van der Waals surface area contributed by atoms with Crippen molar-refractivity contribution in [2.75, 3.05) is 17.7 Å². The Hall–Kier alpha value is -3.48. The zero-order valence-corrected chi connectivity index (χ0v) is 13.4. The van der Waals surface area contributed by atoms with Gasteiger partial charge in [0.2, 0.25) is 0 Å². The normalized spacial score (nSPS) is 11.7. The topological polar surface area (TPSA) is 85.6 Å². The number of benzene rings is 2. The molecule has 0 atom stereocenters. The molecule has 2 aromatic carbocycles. The molecule has 2 N–H and O–H groups in total. The van der Waals surface area contributed by atoms with Crippen molar-refractivity contribution < 1.29 is 18.8 Å². The standard InChI is InChI=1S/C18H15N3O4/c1-23-15-9-5-3-7-13(15)19-18(22)20-17-12-10-24-14-8-4-2-6-11(14)16(12)25-21-17/h2-9H,10H2,1H3,(H2,19,20,21,22). The number of hydrogen-bond acceptors (Lipinski definition) is 5. The Kier molecular flexibility index (Phi) is 3.74. The Balaban J connectivity index is 1.55. The maximum Gasteiger partial charge on any atom is 0.325 e. The van der Waals surface area contributed by atoms with Gasteiger partial charge in [0.05, 0.1) is 23.9 Å². The molecule has 1 aliphatic rings. The van der Waals surface area contributed by atoms with Gasteiger partial charge < -0.3 is 19.3 Å². The fourth-order valence-electron chi connectivity index (χ4n) is 2.69. The van der Waals surface area contributed by atoms with E-state index < -0.39 is 6.03 Å². The Bertz CT molecular complexity index is 936. The van der Waals surface area contributed by atoms with Crippen LogP contribution in [-0.4, -0.2) is 18.3 Å². The lowest BCUT2D eigenvalue weighted by molar-refractivity contribution is 0.261. The minimum Gasteiger partial charge on any atom is -0.495 e. The number of nitrogens with one attached hydrogen (secondary N) is 2. The van der Waals surface area contributed by atoms with Crippen molar-refractivity contribution in [3.63, 3.8) is 0 Å². The summed E-state index contributed by atoms with van der Waals surface area (Å²) in [7, 11) is 1.54. The van der Waals surface area contributed by atoms with E-state index in [1.807, 2.05) is 30.3 Å². The zero-order valence-electron chi connectivity index (χ0n) is 13.4. The van der Waals surface area contributed by atoms with Crippen LogP contribution in [0.3, 0.4) is 0 Å². The van der Waals surface area contributed by atoms with Crippen LogP contribution in [0.15, 0.2) is 53.1 Å². The molecule has 2 heterocycles. The molecule has 1 aliphatic heterocycles. The first kappa shape index (κ1) is 15.1. The van der Waals surface area contributed by atoms with Gasteiger partial charge in [0.15, 0.2) is 11.6 Å². The minimum absolute atomic E-state index is 0.278. The summed E-state index contributed by atoms with van der Waals surface area (Å²) in [5.74, 6) is 2.24. The molecule has 1 aromatic heterocycles. The molecule has 25 heavy (non-hydrogen) atoms. The molecule has 2 amide bonds. The first-order chi connectivity index (χ1) is 12.3. The fourth-order valence-corrected chi connectivity index (χ4v) is 2.69. The van der Waals surface area contributed by atoms with Crippen molar-refractivity contribution >= 4 is 17.5 Å². The van der Waals surface area contributed by atoms with Crippen LogP contribution < -0.4 is 20.1 Å². The number of fused-ring (bicyclic) bond motifs is 3. The number of aromatic nitrogens is 1. The number of methoxy groups -OCH3 is 1. The highest BCUT2D eigenvalue weighted by Crippen LogP contribution is 2.40. The number of carbonyl (C=O) groups is 1. The Morgan fingerprint density at radius 3 is 2.80 bits per heavy atom. The number of ether oxygens (including phenoxy) is 2. The van der Waals surface area contributed by atoms with Gasteiger partial charge in [0.1, 0.15) is 18.1 Å². The third-order valence-corrected chi connectivity index (χ3v) is 3.88. The second-order valence-electron chi connectivity index (χ2n) is 5.40. The number of hydrogen-bond donors (Lipinski definition) is 2. The van der Waals surface area contributed by atoms with Crippen LogP contribution in [0.4, 0.5) is 16.3 Å². The Morgan fingerprint density at radius 1 is 1.12 bits per heavy atom. The molecular weight excluding hydrogens is 322 g/mol. The highest BCUT2D eigenvalue weighted by Gasteiger charge is 2.26. The molecule has 7 heteroatoms. The average Bonchev–Trinajstić information content (AvgIpc) is 3.05. The average molecular weight is 337 g/mol. The van der Waals surface area contributed by atoms with Gasteiger partial charge >= 0.3 is 6.03 Å². The number of carbonyl (C=O) groups excluding carboxylic acids is 1. The summed E-state index contributed by atoms with van der Waals surface area (Å²) in [5, 5.41) is 9.38. The molecule has 0 fully saturated rings.